The number of hydrogen-bond donors (Lipinski definition) is 3. The number of anilines is 1. The van der Waals surface area contributed by atoms with Crippen LogP contribution < -0.4 is 9.44 Å². The van der Waals surface area contributed by atoms with Crippen LogP contribution in [0, 0.1) is 0 Å². The lowest BCUT2D eigenvalue weighted by Gasteiger charge is -2.10. The minimum atomic E-state index is -3.45. The van der Waals surface area contributed by atoms with Crippen molar-refractivity contribution >= 4 is 46.0 Å². The summed E-state index contributed by atoms with van der Waals surface area (Å²) in [5.74, 6) is -0.623. The van der Waals surface area contributed by atoms with E-state index >= 15 is 0 Å². The van der Waals surface area contributed by atoms with Crippen molar-refractivity contribution in [3.8, 4) is 0 Å². The fraction of sp³-hybridized carbons (Fsp3) is 0.222. The average Bonchev–Trinajstić information content (AvgIpc) is 2.30. The van der Waals surface area contributed by atoms with Crippen LogP contribution in [-0.4, -0.2) is 20.1 Å². The molecule has 17 heavy (non-hydrogen) atoms. The van der Waals surface area contributed by atoms with Crippen molar-refractivity contribution in [2.45, 2.75) is 6.92 Å². The summed E-state index contributed by atoms with van der Waals surface area (Å²) >= 11 is 9.36. The van der Waals surface area contributed by atoms with Gasteiger partial charge in [-0.3, -0.25) is 14.2 Å². The molecule has 0 aromatic heterocycles. The van der Waals surface area contributed by atoms with Gasteiger partial charge in [0.1, 0.15) is 0 Å². The van der Waals surface area contributed by atoms with Crippen LogP contribution in [0.5, 0.6) is 0 Å². The lowest BCUT2D eigenvalue weighted by Crippen LogP contribution is -2.20. The highest BCUT2D eigenvalue weighted by molar-refractivity contribution is 7.92. The molecule has 0 aliphatic rings. The molecule has 8 heteroatoms. The molecule has 0 spiro atoms. The SMILES string of the molecule is CCS(=O)(=O)Nc1ccc(Cl)cc1C(=O)NS. The normalized spacial score (nSPS) is 11.0. The van der Waals surface area contributed by atoms with E-state index in [1.54, 1.807) is 0 Å². The summed E-state index contributed by atoms with van der Waals surface area (Å²) in [6, 6.07) is 4.28. The summed E-state index contributed by atoms with van der Waals surface area (Å²) in [6.07, 6.45) is 0. The maximum Gasteiger partial charge on any atom is 0.263 e. The van der Waals surface area contributed by atoms with Gasteiger partial charge in [0.25, 0.3) is 5.91 Å². The Morgan fingerprint density at radius 3 is 2.65 bits per heavy atom. The third-order valence-electron chi connectivity index (χ3n) is 1.97. The zero-order valence-electron chi connectivity index (χ0n) is 8.90. The Morgan fingerprint density at radius 1 is 1.47 bits per heavy atom. The van der Waals surface area contributed by atoms with E-state index in [1.165, 1.54) is 25.1 Å². The highest BCUT2D eigenvalue weighted by atomic mass is 35.5. The second-order valence-electron chi connectivity index (χ2n) is 3.14. The summed E-state index contributed by atoms with van der Waals surface area (Å²) < 4.78 is 27.3. The van der Waals surface area contributed by atoms with Crippen molar-refractivity contribution in [3.05, 3.63) is 28.8 Å². The van der Waals surface area contributed by atoms with Crippen LogP contribution in [-0.2, 0) is 10.0 Å². The average molecular weight is 295 g/mol. The van der Waals surface area contributed by atoms with Crippen molar-refractivity contribution in [2.75, 3.05) is 10.5 Å². The Labute approximate surface area is 110 Å². The molecule has 94 valence electrons. The van der Waals surface area contributed by atoms with E-state index in [4.69, 9.17) is 11.6 Å². The van der Waals surface area contributed by atoms with Crippen molar-refractivity contribution in [1.82, 2.24) is 4.72 Å². The van der Waals surface area contributed by atoms with E-state index in [0.29, 0.717) is 5.02 Å². The first-order valence-electron chi connectivity index (χ1n) is 4.64. The Morgan fingerprint density at radius 2 is 2.12 bits per heavy atom. The third kappa shape index (κ3) is 3.79. The smallest absolute Gasteiger partial charge is 0.263 e. The summed E-state index contributed by atoms with van der Waals surface area (Å²) in [7, 11) is -3.45. The van der Waals surface area contributed by atoms with Gasteiger partial charge in [-0.25, -0.2) is 8.42 Å². The standard InChI is InChI=1S/C9H11ClN2O3S2/c1-2-17(14,15)12-8-4-3-6(10)5-7(8)9(13)11-16/h3-5,12,16H,2H2,1H3,(H,11,13). The number of rotatable bonds is 4. The van der Waals surface area contributed by atoms with E-state index in [0.717, 1.165) is 0 Å². The first-order valence-corrected chi connectivity index (χ1v) is 7.12. The summed E-state index contributed by atoms with van der Waals surface area (Å²) in [5.41, 5.74) is 0.285. The Kier molecular flexibility index (Phi) is 4.67. The topological polar surface area (TPSA) is 75.3 Å². The summed E-state index contributed by atoms with van der Waals surface area (Å²) in [5, 5.41) is 0.330. The highest BCUT2D eigenvalue weighted by Crippen LogP contribution is 2.21. The molecule has 0 bridgehead atoms. The number of sulfonamides is 1. The minimum absolute atomic E-state index is 0.0858. The van der Waals surface area contributed by atoms with E-state index in [1.807, 2.05) is 0 Å². The molecular formula is C9H11ClN2O3S2. The molecule has 0 aliphatic heterocycles. The van der Waals surface area contributed by atoms with Gasteiger partial charge < -0.3 is 0 Å². The molecular weight excluding hydrogens is 284 g/mol. The zero-order valence-corrected chi connectivity index (χ0v) is 11.4. The Hall–Kier alpha value is -0.920. The fourth-order valence-electron chi connectivity index (χ4n) is 1.09. The lowest BCUT2D eigenvalue weighted by molar-refractivity contribution is 0.0986. The molecule has 1 rings (SSSR count). The van der Waals surface area contributed by atoms with Gasteiger partial charge in [-0.2, -0.15) is 0 Å². The second kappa shape index (κ2) is 5.61. The van der Waals surface area contributed by atoms with Crippen LogP contribution in [0.4, 0.5) is 5.69 Å². The van der Waals surface area contributed by atoms with Gasteiger partial charge in [-0.1, -0.05) is 24.4 Å². The van der Waals surface area contributed by atoms with Gasteiger partial charge in [-0.05, 0) is 25.1 Å². The third-order valence-corrected chi connectivity index (χ3v) is 3.70. The van der Waals surface area contributed by atoms with Gasteiger partial charge in [-0.15, -0.1) is 0 Å². The summed E-state index contributed by atoms with van der Waals surface area (Å²) in [6.45, 7) is 1.50. The quantitative estimate of drug-likeness (QED) is 0.740. The van der Waals surface area contributed by atoms with Crippen molar-refractivity contribution in [3.63, 3.8) is 0 Å². The predicted molar refractivity (Wildman–Crippen MR) is 71.0 cm³/mol. The van der Waals surface area contributed by atoms with Crippen LogP contribution in [0.15, 0.2) is 18.2 Å². The van der Waals surface area contributed by atoms with Gasteiger partial charge in [0.15, 0.2) is 0 Å². The molecule has 1 aromatic rings. The number of hydrogen-bond acceptors (Lipinski definition) is 4. The van der Waals surface area contributed by atoms with Crippen LogP contribution >= 0.6 is 24.4 Å². The molecule has 0 heterocycles. The largest absolute Gasteiger partial charge is 0.299 e. The second-order valence-corrected chi connectivity index (χ2v) is 5.81. The summed E-state index contributed by atoms with van der Waals surface area (Å²) in [4.78, 5) is 11.5. The van der Waals surface area contributed by atoms with Gasteiger partial charge >= 0.3 is 0 Å². The van der Waals surface area contributed by atoms with Gasteiger partial charge in [0.2, 0.25) is 10.0 Å². The number of nitrogens with one attached hydrogen (secondary N) is 2. The number of carbonyl (C=O) groups is 1. The van der Waals surface area contributed by atoms with Gasteiger partial charge in [0, 0.05) is 5.02 Å². The number of benzene rings is 1. The molecule has 0 unspecified atom stereocenters. The number of carbonyl (C=O) groups excluding carboxylic acids is 1. The Bertz CT molecular complexity index is 531. The lowest BCUT2D eigenvalue weighted by atomic mass is 10.2. The van der Waals surface area contributed by atoms with Crippen molar-refractivity contribution in [1.29, 1.82) is 0 Å². The van der Waals surface area contributed by atoms with Crippen LogP contribution in [0.3, 0.4) is 0 Å². The molecule has 0 aliphatic carbocycles. The van der Waals surface area contributed by atoms with E-state index in [-0.39, 0.29) is 17.0 Å². The Balaban J connectivity index is 3.20. The number of amides is 1. The van der Waals surface area contributed by atoms with E-state index in [2.05, 4.69) is 22.3 Å². The predicted octanol–water partition coefficient (Wildman–Crippen LogP) is 1.68. The van der Waals surface area contributed by atoms with Crippen molar-refractivity contribution < 1.29 is 13.2 Å². The fourth-order valence-corrected chi connectivity index (χ4v) is 2.04. The van der Waals surface area contributed by atoms with Crippen LogP contribution in [0.2, 0.25) is 5.02 Å². The zero-order chi connectivity index (χ0) is 13.1. The monoisotopic (exact) mass is 294 g/mol. The molecule has 0 radical (unpaired) electrons. The van der Waals surface area contributed by atoms with Crippen LogP contribution in [0.1, 0.15) is 17.3 Å². The first kappa shape index (κ1) is 14.1. The van der Waals surface area contributed by atoms with E-state index < -0.39 is 15.9 Å². The van der Waals surface area contributed by atoms with Crippen LogP contribution in [0.25, 0.3) is 0 Å². The minimum Gasteiger partial charge on any atom is -0.299 e. The number of thiol groups is 1. The molecule has 1 aromatic carbocycles. The molecule has 0 atom stereocenters. The van der Waals surface area contributed by atoms with Crippen molar-refractivity contribution in [2.24, 2.45) is 0 Å². The maximum absolute atomic E-state index is 11.5. The molecule has 5 nitrogen and oxygen atoms in total. The van der Waals surface area contributed by atoms with Gasteiger partial charge in [0.05, 0.1) is 17.0 Å². The molecule has 1 amide bonds. The number of halogens is 1. The molecule has 0 saturated carbocycles. The highest BCUT2D eigenvalue weighted by Gasteiger charge is 2.15. The first-order chi connectivity index (χ1) is 7.89. The molecule has 0 saturated heterocycles. The molecule has 2 N–H and O–H groups in total. The molecule has 0 fully saturated rings. The van der Waals surface area contributed by atoms with E-state index in [9.17, 15) is 13.2 Å². The maximum atomic E-state index is 11.5.